The third-order valence-corrected chi connectivity index (χ3v) is 3.18. The lowest BCUT2D eigenvalue weighted by atomic mass is 10.1. The number of hydrogen-bond acceptors (Lipinski definition) is 4. The number of nitrogens with zero attached hydrogens (tertiary/aromatic N) is 2. The van der Waals surface area contributed by atoms with E-state index in [1.807, 2.05) is 6.92 Å². The van der Waals surface area contributed by atoms with Gasteiger partial charge in [-0.05, 0) is 24.6 Å². The van der Waals surface area contributed by atoms with Gasteiger partial charge in [0.15, 0.2) is 0 Å². The van der Waals surface area contributed by atoms with Gasteiger partial charge >= 0.3 is 11.1 Å². The Hall–Kier alpha value is -2.34. The first kappa shape index (κ1) is 15.1. The summed E-state index contributed by atoms with van der Waals surface area (Å²) in [5, 5.41) is 10.2. The second kappa shape index (κ2) is 6.41. The molecule has 0 amide bonds. The molecule has 0 saturated heterocycles. The van der Waals surface area contributed by atoms with E-state index in [0.29, 0.717) is 12.2 Å². The topological polar surface area (TPSA) is 73.5 Å². The van der Waals surface area contributed by atoms with Crippen molar-refractivity contribution < 1.29 is 9.84 Å². The second-order valence-corrected chi connectivity index (χ2v) is 4.69. The van der Waals surface area contributed by atoms with E-state index in [-0.39, 0.29) is 6.54 Å². The lowest BCUT2D eigenvalue weighted by Gasteiger charge is -2.13. The molecular formula is C15H18N2O4. The Bertz CT molecular complexity index is 716. The lowest BCUT2D eigenvalue weighted by Crippen LogP contribution is -2.40. The second-order valence-electron chi connectivity index (χ2n) is 4.69. The van der Waals surface area contributed by atoms with Crippen molar-refractivity contribution in [1.82, 2.24) is 9.13 Å². The number of ether oxygens (including phenoxy) is 1. The molecule has 0 aliphatic heterocycles. The Morgan fingerprint density at radius 3 is 2.43 bits per heavy atom. The number of aliphatic hydroxyl groups is 1. The molecule has 0 aliphatic rings. The summed E-state index contributed by atoms with van der Waals surface area (Å²) in [5.74, 6) is 0.721. The quantitative estimate of drug-likeness (QED) is 0.822. The number of aliphatic hydroxyl groups excluding tert-OH is 1. The third kappa shape index (κ3) is 3.41. The summed E-state index contributed by atoms with van der Waals surface area (Å²) in [7, 11) is 1.51. The van der Waals surface area contributed by atoms with E-state index in [4.69, 9.17) is 4.74 Å². The van der Waals surface area contributed by atoms with Crippen molar-refractivity contribution in [2.45, 2.75) is 19.6 Å². The Morgan fingerprint density at radius 1 is 1.14 bits per heavy atom. The van der Waals surface area contributed by atoms with Crippen LogP contribution in [0.4, 0.5) is 0 Å². The van der Waals surface area contributed by atoms with E-state index in [2.05, 4.69) is 0 Å². The monoisotopic (exact) mass is 290 g/mol. The molecule has 1 N–H and O–H groups in total. The summed E-state index contributed by atoms with van der Waals surface area (Å²) in [6.45, 7) is 2.50. The summed E-state index contributed by atoms with van der Waals surface area (Å²) in [6, 6.07) is 6.99. The van der Waals surface area contributed by atoms with Crippen molar-refractivity contribution in [3.63, 3.8) is 0 Å². The molecule has 1 atom stereocenters. The Labute approximate surface area is 121 Å². The van der Waals surface area contributed by atoms with Crippen LogP contribution in [0.3, 0.4) is 0 Å². The molecule has 0 bridgehead atoms. The maximum atomic E-state index is 11.8. The van der Waals surface area contributed by atoms with Crippen molar-refractivity contribution in [1.29, 1.82) is 0 Å². The highest BCUT2D eigenvalue weighted by molar-refractivity contribution is 5.28. The van der Waals surface area contributed by atoms with E-state index >= 15 is 0 Å². The molecule has 112 valence electrons. The van der Waals surface area contributed by atoms with Crippen molar-refractivity contribution in [3.05, 3.63) is 62.9 Å². The predicted octanol–water partition coefficient (Wildman–Crippen LogP) is 0.679. The highest BCUT2D eigenvalue weighted by Crippen LogP contribution is 2.18. The van der Waals surface area contributed by atoms with Gasteiger partial charge in [-0.1, -0.05) is 12.1 Å². The van der Waals surface area contributed by atoms with Gasteiger partial charge < -0.3 is 19.0 Å². The van der Waals surface area contributed by atoms with E-state index in [0.717, 1.165) is 5.75 Å². The molecule has 0 aliphatic carbocycles. The molecule has 1 aromatic heterocycles. The smallest absolute Gasteiger partial charge is 0.316 e. The average molecular weight is 290 g/mol. The molecule has 2 aromatic rings. The molecule has 1 heterocycles. The molecule has 6 nitrogen and oxygen atoms in total. The summed E-state index contributed by atoms with van der Waals surface area (Å²) in [6.07, 6.45) is 2.11. The minimum Gasteiger partial charge on any atom is -0.494 e. The largest absolute Gasteiger partial charge is 0.494 e. The highest BCUT2D eigenvalue weighted by Gasteiger charge is 2.11. The fraction of sp³-hybridized carbons (Fsp3) is 0.333. The first-order valence-electron chi connectivity index (χ1n) is 6.70. The zero-order chi connectivity index (χ0) is 15.4. The third-order valence-electron chi connectivity index (χ3n) is 3.18. The molecule has 0 spiro atoms. The molecular weight excluding hydrogens is 272 g/mol. The standard InChI is InChI=1S/C15H18N2O4/c1-3-21-12-6-4-11(5-7-12)13(18)10-17-9-8-16(2)14(19)15(17)20/h4-9,13,18H,3,10H2,1-2H3. The van der Waals surface area contributed by atoms with Gasteiger partial charge in [0, 0.05) is 19.4 Å². The lowest BCUT2D eigenvalue weighted by molar-refractivity contribution is 0.154. The number of aromatic nitrogens is 2. The van der Waals surface area contributed by atoms with Crippen LogP contribution in [-0.4, -0.2) is 20.8 Å². The Balaban J connectivity index is 2.18. The van der Waals surface area contributed by atoms with Gasteiger partial charge in [-0.25, -0.2) is 0 Å². The number of benzene rings is 1. The fourth-order valence-electron chi connectivity index (χ4n) is 1.98. The summed E-state index contributed by atoms with van der Waals surface area (Å²) >= 11 is 0. The predicted molar refractivity (Wildman–Crippen MR) is 78.5 cm³/mol. The molecule has 2 rings (SSSR count). The van der Waals surface area contributed by atoms with Crippen molar-refractivity contribution in [2.75, 3.05) is 6.61 Å². The van der Waals surface area contributed by atoms with Crippen LogP contribution < -0.4 is 15.9 Å². The Kier molecular flexibility index (Phi) is 4.59. The van der Waals surface area contributed by atoms with Crippen molar-refractivity contribution in [2.24, 2.45) is 7.05 Å². The summed E-state index contributed by atoms with van der Waals surface area (Å²) in [4.78, 5) is 23.3. The SMILES string of the molecule is CCOc1ccc(C(O)Cn2ccn(C)c(=O)c2=O)cc1. The zero-order valence-electron chi connectivity index (χ0n) is 12.0. The van der Waals surface area contributed by atoms with Crippen molar-refractivity contribution in [3.8, 4) is 5.75 Å². The van der Waals surface area contributed by atoms with Crippen LogP contribution in [0, 0.1) is 0 Å². The van der Waals surface area contributed by atoms with Gasteiger partial charge in [0.1, 0.15) is 5.75 Å². The molecule has 1 unspecified atom stereocenters. The molecule has 0 saturated carbocycles. The van der Waals surface area contributed by atoms with Crippen LogP contribution in [0.5, 0.6) is 5.75 Å². The van der Waals surface area contributed by atoms with E-state index in [9.17, 15) is 14.7 Å². The maximum Gasteiger partial charge on any atom is 0.316 e. The summed E-state index contributed by atoms with van der Waals surface area (Å²) in [5.41, 5.74) is -0.604. The first-order valence-corrected chi connectivity index (χ1v) is 6.70. The van der Waals surface area contributed by atoms with Crippen LogP contribution in [0.2, 0.25) is 0 Å². The van der Waals surface area contributed by atoms with Crippen LogP contribution >= 0.6 is 0 Å². The molecule has 21 heavy (non-hydrogen) atoms. The minimum atomic E-state index is -0.870. The van der Waals surface area contributed by atoms with Gasteiger partial charge in [0.2, 0.25) is 0 Å². The van der Waals surface area contributed by atoms with Gasteiger partial charge in [-0.15, -0.1) is 0 Å². The van der Waals surface area contributed by atoms with Gasteiger partial charge in [-0.2, -0.15) is 0 Å². The molecule has 6 heteroatoms. The zero-order valence-corrected chi connectivity index (χ0v) is 12.0. The molecule has 0 fully saturated rings. The normalized spacial score (nSPS) is 12.1. The summed E-state index contributed by atoms with van der Waals surface area (Å²) < 4.78 is 7.75. The van der Waals surface area contributed by atoms with E-state index < -0.39 is 17.2 Å². The van der Waals surface area contributed by atoms with Gasteiger partial charge in [0.05, 0.1) is 19.3 Å². The van der Waals surface area contributed by atoms with E-state index in [1.165, 1.54) is 28.6 Å². The number of aryl methyl sites for hydroxylation is 1. The first-order chi connectivity index (χ1) is 10.0. The van der Waals surface area contributed by atoms with Crippen LogP contribution in [0.15, 0.2) is 46.2 Å². The van der Waals surface area contributed by atoms with Crippen LogP contribution in [-0.2, 0) is 13.6 Å². The average Bonchev–Trinajstić information content (AvgIpc) is 2.49. The number of rotatable bonds is 5. The maximum absolute atomic E-state index is 11.8. The fourth-order valence-corrected chi connectivity index (χ4v) is 1.98. The van der Waals surface area contributed by atoms with E-state index in [1.54, 1.807) is 24.3 Å². The Morgan fingerprint density at radius 2 is 1.81 bits per heavy atom. The van der Waals surface area contributed by atoms with Crippen molar-refractivity contribution >= 4 is 0 Å². The van der Waals surface area contributed by atoms with Gasteiger partial charge in [-0.3, -0.25) is 9.59 Å². The van der Waals surface area contributed by atoms with Crippen LogP contribution in [0.1, 0.15) is 18.6 Å². The minimum absolute atomic E-state index is 0.0306. The number of hydrogen-bond donors (Lipinski definition) is 1. The molecule has 0 radical (unpaired) electrons. The van der Waals surface area contributed by atoms with Crippen LogP contribution in [0.25, 0.3) is 0 Å². The molecule has 1 aromatic carbocycles. The van der Waals surface area contributed by atoms with Gasteiger partial charge in [0.25, 0.3) is 0 Å². The highest BCUT2D eigenvalue weighted by atomic mass is 16.5.